The Balaban J connectivity index is 1.62. The predicted octanol–water partition coefficient (Wildman–Crippen LogP) is 0.302. The van der Waals surface area contributed by atoms with E-state index in [1.165, 1.54) is 0 Å². The van der Waals surface area contributed by atoms with E-state index in [-0.39, 0.29) is 0 Å². The molecular weight excluding hydrogens is 292 g/mol. The average molecular weight is 316 g/mol. The molecule has 3 rings (SSSR count). The highest BCUT2D eigenvalue weighted by Crippen LogP contribution is 2.18. The minimum absolute atomic E-state index is 0.766. The third-order valence-electron chi connectivity index (χ3n) is 3.96. The molecule has 0 N–H and O–H groups in total. The molecule has 1 aliphatic heterocycles. The van der Waals surface area contributed by atoms with Crippen LogP contribution in [0.25, 0.3) is 0 Å². The molecule has 2 aromatic heterocycles. The number of hydrogen-bond donors (Lipinski definition) is 0. The van der Waals surface area contributed by atoms with E-state index in [0.29, 0.717) is 0 Å². The van der Waals surface area contributed by atoms with Gasteiger partial charge >= 0.3 is 0 Å². The van der Waals surface area contributed by atoms with Crippen LogP contribution >= 0.6 is 0 Å². The van der Waals surface area contributed by atoms with E-state index in [0.717, 1.165) is 55.9 Å². The van der Waals surface area contributed by atoms with Crippen molar-refractivity contribution in [3.05, 3.63) is 23.7 Å². The van der Waals surface area contributed by atoms with Crippen LogP contribution in [0.15, 0.2) is 12.3 Å². The molecule has 0 unspecified atom stereocenters. The molecule has 0 spiro atoms. The predicted molar refractivity (Wildman–Crippen MR) is 89.6 cm³/mol. The Morgan fingerprint density at radius 2 is 1.87 bits per heavy atom. The summed E-state index contributed by atoms with van der Waals surface area (Å²) in [5.74, 6) is 1.78. The summed E-state index contributed by atoms with van der Waals surface area (Å²) < 4.78 is 1.75. The topological polar surface area (TPSA) is 66.2 Å². The summed E-state index contributed by atoms with van der Waals surface area (Å²) >= 11 is 0. The van der Waals surface area contributed by atoms with Crippen molar-refractivity contribution >= 4 is 11.8 Å². The lowest BCUT2D eigenvalue weighted by molar-refractivity contribution is 0.246. The van der Waals surface area contributed by atoms with Gasteiger partial charge in [0.25, 0.3) is 0 Å². The second kappa shape index (κ2) is 6.49. The van der Waals surface area contributed by atoms with Crippen LogP contribution < -0.4 is 9.80 Å². The van der Waals surface area contributed by atoms with Gasteiger partial charge in [-0.1, -0.05) is 5.21 Å². The minimum Gasteiger partial charge on any atom is -0.354 e. The van der Waals surface area contributed by atoms with Gasteiger partial charge < -0.3 is 9.80 Å². The van der Waals surface area contributed by atoms with Crippen LogP contribution in [0, 0.1) is 6.92 Å². The summed E-state index contributed by atoms with van der Waals surface area (Å²) in [6.07, 6.45) is 1.98. The van der Waals surface area contributed by atoms with E-state index in [1.807, 2.05) is 39.2 Å². The van der Waals surface area contributed by atoms with Crippen molar-refractivity contribution in [2.75, 3.05) is 50.1 Å². The molecule has 0 amide bonds. The Bertz CT molecular complexity index is 657. The van der Waals surface area contributed by atoms with Gasteiger partial charge in [0.05, 0.1) is 5.69 Å². The van der Waals surface area contributed by atoms with Crippen molar-refractivity contribution < 1.29 is 0 Å². The molecule has 23 heavy (non-hydrogen) atoms. The fourth-order valence-electron chi connectivity index (χ4n) is 2.73. The van der Waals surface area contributed by atoms with Gasteiger partial charge in [0.1, 0.15) is 5.82 Å². The summed E-state index contributed by atoms with van der Waals surface area (Å²) in [6.45, 7) is 6.79. The summed E-state index contributed by atoms with van der Waals surface area (Å²) in [5.41, 5.74) is 2.02. The Morgan fingerprint density at radius 1 is 1.13 bits per heavy atom. The molecule has 8 nitrogen and oxygen atoms in total. The third-order valence-corrected chi connectivity index (χ3v) is 3.96. The number of rotatable bonds is 4. The van der Waals surface area contributed by atoms with Gasteiger partial charge in [0.15, 0.2) is 0 Å². The number of anilines is 2. The molecule has 124 valence electrons. The second-order valence-electron chi connectivity index (χ2n) is 6.21. The summed E-state index contributed by atoms with van der Waals surface area (Å²) in [5, 5.41) is 8.15. The van der Waals surface area contributed by atoms with Gasteiger partial charge in [-0.3, -0.25) is 9.58 Å². The van der Waals surface area contributed by atoms with E-state index in [1.54, 1.807) is 4.68 Å². The lowest BCUT2D eigenvalue weighted by atomic mass is 10.3. The van der Waals surface area contributed by atoms with Crippen LogP contribution in [0.1, 0.15) is 11.4 Å². The average Bonchev–Trinajstić information content (AvgIpc) is 2.92. The molecule has 1 aliphatic rings. The van der Waals surface area contributed by atoms with E-state index in [2.05, 4.69) is 36.1 Å². The molecule has 0 bridgehead atoms. The SMILES string of the molecule is Cc1cc(N2CCN(Cc3cn(C)nn3)CC2)nc(N(C)C)n1. The Hall–Kier alpha value is -2.22. The normalized spacial score (nSPS) is 15.9. The smallest absolute Gasteiger partial charge is 0.226 e. The fraction of sp³-hybridized carbons (Fsp3) is 0.600. The molecule has 8 heteroatoms. The molecule has 0 saturated carbocycles. The molecule has 0 atom stereocenters. The molecule has 3 heterocycles. The highest BCUT2D eigenvalue weighted by Gasteiger charge is 2.20. The van der Waals surface area contributed by atoms with Crippen LogP contribution in [0.4, 0.5) is 11.8 Å². The zero-order chi connectivity index (χ0) is 16.4. The van der Waals surface area contributed by atoms with E-state index >= 15 is 0 Å². The van der Waals surface area contributed by atoms with E-state index < -0.39 is 0 Å². The Morgan fingerprint density at radius 3 is 2.48 bits per heavy atom. The van der Waals surface area contributed by atoms with Gasteiger partial charge in [-0.25, -0.2) is 4.98 Å². The van der Waals surface area contributed by atoms with Crippen LogP contribution in [-0.4, -0.2) is 70.1 Å². The van der Waals surface area contributed by atoms with Crippen molar-refractivity contribution in [2.45, 2.75) is 13.5 Å². The minimum atomic E-state index is 0.766. The first-order valence-corrected chi connectivity index (χ1v) is 7.87. The molecule has 0 radical (unpaired) electrons. The first-order chi connectivity index (χ1) is 11.0. The molecule has 2 aromatic rings. The van der Waals surface area contributed by atoms with Gasteiger partial charge in [-0.05, 0) is 6.92 Å². The zero-order valence-electron chi connectivity index (χ0n) is 14.3. The van der Waals surface area contributed by atoms with Crippen molar-refractivity contribution in [1.82, 2.24) is 29.9 Å². The van der Waals surface area contributed by atoms with Crippen LogP contribution in [-0.2, 0) is 13.6 Å². The third kappa shape index (κ3) is 3.76. The summed E-state index contributed by atoms with van der Waals surface area (Å²) in [6, 6.07) is 2.06. The van der Waals surface area contributed by atoms with Crippen molar-refractivity contribution in [2.24, 2.45) is 7.05 Å². The maximum atomic E-state index is 4.67. The molecule has 0 aromatic carbocycles. The van der Waals surface area contributed by atoms with Crippen molar-refractivity contribution in [3.8, 4) is 0 Å². The number of piperazine rings is 1. The van der Waals surface area contributed by atoms with Crippen molar-refractivity contribution in [1.29, 1.82) is 0 Å². The quantitative estimate of drug-likeness (QED) is 0.804. The first-order valence-electron chi connectivity index (χ1n) is 7.87. The fourth-order valence-corrected chi connectivity index (χ4v) is 2.73. The Labute approximate surface area is 136 Å². The van der Waals surface area contributed by atoms with Crippen LogP contribution in [0.3, 0.4) is 0 Å². The number of hydrogen-bond acceptors (Lipinski definition) is 7. The molecular formula is C15H24N8. The largest absolute Gasteiger partial charge is 0.354 e. The zero-order valence-corrected chi connectivity index (χ0v) is 14.3. The highest BCUT2D eigenvalue weighted by atomic mass is 15.4. The Kier molecular flexibility index (Phi) is 4.42. The number of nitrogens with zero attached hydrogens (tertiary/aromatic N) is 8. The van der Waals surface area contributed by atoms with Gasteiger partial charge in [0, 0.05) is 71.8 Å². The lowest BCUT2D eigenvalue weighted by Crippen LogP contribution is -2.46. The first kappa shape index (κ1) is 15.7. The van der Waals surface area contributed by atoms with E-state index in [9.17, 15) is 0 Å². The standard InChI is InChI=1S/C15H24N8/c1-12-9-14(17-15(16-12)20(2)3)23-7-5-22(6-8-23)11-13-10-21(4)19-18-13/h9-10H,5-8,11H2,1-4H3. The number of aryl methyl sites for hydroxylation is 2. The van der Waals surface area contributed by atoms with Gasteiger partial charge in [-0.2, -0.15) is 4.98 Å². The molecule has 0 aliphatic carbocycles. The second-order valence-corrected chi connectivity index (χ2v) is 6.21. The molecule has 1 saturated heterocycles. The summed E-state index contributed by atoms with van der Waals surface area (Å²) in [4.78, 5) is 15.8. The van der Waals surface area contributed by atoms with Crippen molar-refractivity contribution in [3.63, 3.8) is 0 Å². The van der Waals surface area contributed by atoms with Crippen LogP contribution in [0.2, 0.25) is 0 Å². The maximum absolute atomic E-state index is 4.67. The van der Waals surface area contributed by atoms with E-state index in [4.69, 9.17) is 0 Å². The number of aromatic nitrogens is 5. The van der Waals surface area contributed by atoms with Gasteiger partial charge in [0.2, 0.25) is 5.95 Å². The highest BCUT2D eigenvalue weighted by molar-refractivity contribution is 5.45. The monoisotopic (exact) mass is 316 g/mol. The lowest BCUT2D eigenvalue weighted by Gasteiger charge is -2.35. The molecule has 1 fully saturated rings. The maximum Gasteiger partial charge on any atom is 0.226 e. The summed E-state index contributed by atoms with van der Waals surface area (Å²) in [7, 11) is 5.84. The van der Waals surface area contributed by atoms with Gasteiger partial charge in [-0.15, -0.1) is 5.10 Å². The van der Waals surface area contributed by atoms with Crippen LogP contribution in [0.5, 0.6) is 0 Å².